The molecule has 0 unspecified atom stereocenters. The molecule has 144 valence electrons. The molecular weight excluding hydrogens is 374 g/mol. The number of benzene rings is 2. The Balaban J connectivity index is 1.39. The molecule has 2 heterocycles. The molecule has 8 heteroatoms. The van der Waals surface area contributed by atoms with Crippen LogP contribution in [-0.4, -0.2) is 23.4 Å². The molecule has 8 nitrogen and oxygen atoms in total. The third-order valence-corrected chi connectivity index (χ3v) is 4.16. The number of hydrazine groups is 1. The number of para-hydroxylation sites is 2. The van der Waals surface area contributed by atoms with Gasteiger partial charge in [0.25, 0.3) is 11.8 Å². The minimum atomic E-state index is -0.798. The van der Waals surface area contributed by atoms with Gasteiger partial charge in [0.1, 0.15) is 22.4 Å². The monoisotopic (exact) mass is 389 g/mol. The van der Waals surface area contributed by atoms with E-state index in [2.05, 4.69) is 15.8 Å². The summed E-state index contributed by atoms with van der Waals surface area (Å²) in [4.78, 5) is 40.5. The van der Waals surface area contributed by atoms with Gasteiger partial charge in [-0.15, -0.1) is 0 Å². The zero-order valence-electron chi connectivity index (χ0n) is 15.0. The van der Waals surface area contributed by atoms with Crippen LogP contribution >= 0.6 is 0 Å². The Bertz CT molecular complexity index is 1280. The van der Waals surface area contributed by atoms with Gasteiger partial charge in [-0.2, -0.15) is 0 Å². The third-order valence-electron chi connectivity index (χ3n) is 4.16. The first kappa shape index (κ1) is 18.2. The molecule has 0 fully saturated rings. The van der Waals surface area contributed by atoms with Crippen LogP contribution in [0.2, 0.25) is 0 Å². The van der Waals surface area contributed by atoms with Gasteiger partial charge in [-0.05, 0) is 24.3 Å². The van der Waals surface area contributed by atoms with Crippen LogP contribution in [0.3, 0.4) is 0 Å². The number of nitrogens with zero attached hydrogens (tertiary/aromatic N) is 1. The van der Waals surface area contributed by atoms with Gasteiger partial charge < -0.3 is 9.15 Å². The van der Waals surface area contributed by atoms with Gasteiger partial charge in [-0.25, -0.2) is 4.79 Å². The quantitative estimate of drug-likeness (QED) is 0.409. The van der Waals surface area contributed by atoms with Crippen LogP contribution in [0.4, 0.5) is 0 Å². The maximum absolute atomic E-state index is 12.2. The van der Waals surface area contributed by atoms with E-state index in [1.807, 2.05) is 12.1 Å². The highest BCUT2D eigenvalue weighted by atomic mass is 16.5. The summed E-state index contributed by atoms with van der Waals surface area (Å²) in [5.41, 5.74) is 4.37. The van der Waals surface area contributed by atoms with E-state index in [-0.39, 0.29) is 12.2 Å². The Hall–Kier alpha value is -4.20. The van der Waals surface area contributed by atoms with Crippen LogP contribution in [0, 0.1) is 0 Å². The first-order valence-corrected chi connectivity index (χ1v) is 8.70. The molecule has 0 saturated carbocycles. The van der Waals surface area contributed by atoms with Crippen molar-refractivity contribution in [3.05, 3.63) is 82.8 Å². The molecule has 2 aromatic carbocycles. The molecular formula is C21H15N3O5. The van der Waals surface area contributed by atoms with Crippen molar-refractivity contribution in [1.82, 2.24) is 15.8 Å². The molecule has 4 rings (SSSR count). The van der Waals surface area contributed by atoms with E-state index in [9.17, 15) is 14.4 Å². The van der Waals surface area contributed by atoms with Crippen molar-refractivity contribution in [2.45, 2.75) is 0 Å². The summed E-state index contributed by atoms with van der Waals surface area (Å²) in [6.45, 7) is -0.345. The number of carbonyl (C=O) groups is 2. The van der Waals surface area contributed by atoms with Crippen LogP contribution < -0.4 is 21.2 Å². The lowest BCUT2D eigenvalue weighted by molar-refractivity contribution is -0.123. The Morgan fingerprint density at radius 1 is 0.966 bits per heavy atom. The van der Waals surface area contributed by atoms with Gasteiger partial charge in [0.15, 0.2) is 6.61 Å². The van der Waals surface area contributed by atoms with E-state index < -0.39 is 17.4 Å². The lowest BCUT2D eigenvalue weighted by Crippen LogP contribution is -2.45. The predicted molar refractivity (Wildman–Crippen MR) is 105 cm³/mol. The number of aromatic nitrogens is 1. The van der Waals surface area contributed by atoms with Crippen LogP contribution in [0.1, 0.15) is 10.4 Å². The van der Waals surface area contributed by atoms with Crippen LogP contribution in [-0.2, 0) is 4.79 Å². The van der Waals surface area contributed by atoms with Crippen LogP contribution in [0.5, 0.6) is 5.75 Å². The summed E-state index contributed by atoms with van der Waals surface area (Å²) in [5, 5.41) is 1.47. The summed E-state index contributed by atoms with van der Waals surface area (Å²) >= 11 is 0. The summed E-state index contributed by atoms with van der Waals surface area (Å²) in [5.74, 6) is -0.944. The Morgan fingerprint density at radius 2 is 1.76 bits per heavy atom. The number of hydrogen-bond acceptors (Lipinski definition) is 6. The van der Waals surface area contributed by atoms with Gasteiger partial charge in [0.05, 0.1) is 0 Å². The number of nitrogens with one attached hydrogen (secondary N) is 2. The fourth-order valence-electron chi connectivity index (χ4n) is 2.79. The summed E-state index contributed by atoms with van der Waals surface area (Å²) in [6.07, 6.45) is 1.63. The van der Waals surface area contributed by atoms with Crippen molar-refractivity contribution >= 4 is 33.7 Å². The first-order valence-electron chi connectivity index (χ1n) is 8.70. The van der Waals surface area contributed by atoms with Crippen LogP contribution in [0.15, 0.2) is 76.1 Å². The van der Waals surface area contributed by atoms with Crippen molar-refractivity contribution in [1.29, 1.82) is 0 Å². The molecule has 0 saturated heterocycles. The largest absolute Gasteiger partial charge is 0.481 e. The number of fused-ring (bicyclic) bond motifs is 2. The van der Waals surface area contributed by atoms with Crippen molar-refractivity contribution in [3.63, 3.8) is 0 Å². The summed E-state index contributed by atoms with van der Waals surface area (Å²) < 4.78 is 10.6. The molecule has 4 aromatic rings. The number of ether oxygens (including phenoxy) is 1. The predicted octanol–water partition coefficient (Wildman–Crippen LogP) is 2.18. The lowest BCUT2D eigenvalue weighted by atomic mass is 10.2. The fraction of sp³-hybridized carbons (Fsp3) is 0.0476. The maximum atomic E-state index is 12.2. The first-order chi connectivity index (χ1) is 14.1. The zero-order chi connectivity index (χ0) is 20.2. The molecule has 0 aliphatic heterocycles. The van der Waals surface area contributed by atoms with E-state index in [4.69, 9.17) is 9.15 Å². The molecule has 2 amide bonds. The lowest BCUT2D eigenvalue weighted by Gasteiger charge is -2.10. The van der Waals surface area contributed by atoms with E-state index in [0.717, 1.165) is 5.39 Å². The van der Waals surface area contributed by atoms with Crippen molar-refractivity contribution in [3.8, 4) is 5.75 Å². The molecule has 0 radical (unpaired) electrons. The van der Waals surface area contributed by atoms with Gasteiger partial charge >= 0.3 is 5.63 Å². The number of amides is 2. The summed E-state index contributed by atoms with van der Waals surface area (Å²) in [6, 6.07) is 17.3. The van der Waals surface area contributed by atoms with Crippen molar-refractivity contribution in [2.24, 2.45) is 0 Å². The highest BCUT2D eigenvalue weighted by molar-refractivity contribution is 5.97. The molecule has 2 N–H and O–H groups in total. The molecule has 0 aliphatic carbocycles. The highest BCUT2D eigenvalue weighted by Crippen LogP contribution is 2.22. The highest BCUT2D eigenvalue weighted by Gasteiger charge is 2.15. The SMILES string of the molecule is O=C(COc1cccc2cccnc12)NNC(=O)c1cc2ccccc2oc1=O. The average Bonchev–Trinajstić information content (AvgIpc) is 2.75. The molecule has 0 aliphatic rings. The minimum absolute atomic E-state index is 0.219. The van der Waals surface area contributed by atoms with Gasteiger partial charge in [-0.3, -0.25) is 25.4 Å². The molecule has 0 atom stereocenters. The molecule has 2 aromatic heterocycles. The van der Waals surface area contributed by atoms with E-state index in [1.54, 1.807) is 48.7 Å². The van der Waals surface area contributed by atoms with Crippen molar-refractivity contribution in [2.75, 3.05) is 6.61 Å². The number of hydrogen-bond donors (Lipinski definition) is 2. The number of rotatable bonds is 4. The second-order valence-electron chi connectivity index (χ2n) is 6.11. The smallest absolute Gasteiger partial charge is 0.349 e. The summed E-state index contributed by atoms with van der Waals surface area (Å²) in [7, 11) is 0. The van der Waals surface area contributed by atoms with E-state index >= 15 is 0 Å². The van der Waals surface area contributed by atoms with E-state index in [1.165, 1.54) is 6.07 Å². The Labute approximate surface area is 164 Å². The Morgan fingerprint density at radius 3 is 2.66 bits per heavy atom. The number of pyridine rings is 1. The van der Waals surface area contributed by atoms with Gasteiger partial charge in [-0.1, -0.05) is 36.4 Å². The van der Waals surface area contributed by atoms with Gasteiger partial charge in [0.2, 0.25) is 0 Å². The average molecular weight is 389 g/mol. The zero-order valence-corrected chi connectivity index (χ0v) is 15.0. The van der Waals surface area contributed by atoms with Gasteiger partial charge in [0, 0.05) is 17.0 Å². The molecule has 0 spiro atoms. The van der Waals surface area contributed by atoms with Crippen LogP contribution in [0.25, 0.3) is 21.9 Å². The fourth-order valence-corrected chi connectivity index (χ4v) is 2.79. The Kier molecular flexibility index (Phi) is 4.90. The molecule has 0 bridgehead atoms. The third kappa shape index (κ3) is 3.91. The minimum Gasteiger partial charge on any atom is -0.481 e. The maximum Gasteiger partial charge on any atom is 0.349 e. The topological polar surface area (TPSA) is 111 Å². The second kappa shape index (κ2) is 7.81. The second-order valence-corrected chi connectivity index (χ2v) is 6.11. The number of carbonyl (C=O) groups excluding carboxylic acids is 2. The molecule has 29 heavy (non-hydrogen) atoms. The van der Waals surface area contributed by atoms with Crippen molar-refractivity contribution < 1.29 is 18.7 Å². The van der Waals surface area contributed by atoms with E-state index in [0.29, 0.717) is 22.2 Å². The normalized spacial score (nSPS) is 10.6. The standard InChI is InChI=1S/C21H15N3O5/c25-18(12-28-17-9-3-6-13-7-4-10-22-19(13)17)23-24-20(26)15-11-14-5-1-2-8-16(14)29-21(15)27/h1-11H,12H2,(H,23,25)(H,24,26).